The van der Waals surface area contributed by atoms with Crippen molar-refractivity contribution >= 4 is 29.9 Å². The topological polar surface area (TPSA) is 100 Å². The molecular formula is C22H31IN6O2. The number of aromatic nitrogens is 3. The zero-order valence-corrected chi connectivity index (χ0v) is 20.3. The smallest absolute Gasteiger partial charge is 0.216 e. The van der Waals surface area contributed by atoms with Crippen LogP contribution < -0.4 is 10.6 Å². The second-order valence-corrected chi connectivity index (χ2v) is 7.09. The van der Waals surface area contributed by atoms with Gasteiger partial charge >= 0.3 is 0 Å². The molecule has 9 heteroatoms. The lowest BCUT2D eigenvalue weighted by Gasteiger charge is -2.13. The average molecular weight is 538 g/mol. The Hall–Kier alpha value is -2.40. The number of rotatable bonds is 11. The van der Waals surface area contributed by atoms with Crippen LogP contribution in [-0.4, -0.2) is 47.4 Å². The van der Waals surface area contributed by atoms with Crippen molar-refractivity contribution in [3.05, 3.63) is 60.1 Å². The summed E-state index contributed by atoms with van der Waals surface area (Å²) in [6.07, 6.45) is 2.31. The molecule has 168 valence electrons. The van der Waals surface area contributed by atoms with Crippen LogP contribution in [0.2, 0.25) is 0 Å². The summed E-state index contributed by atoms with van der Waals surface area (Å²) in [4.78, 5) is 9.12. The maximum Gasteiger partial charge on any atom is 0.216 e. The molecule has 0 fully saturated rings. The Morgan fingerprint density at radius 1 is 1.19 bits per heavy atom. The van der Waals surface area contributed by atoms with E-state index in [4.69, 9.17) is 9.15 Å². The van der Waals surface area contributed by atoms with E-state index in [0.29, 0.717) is 50.2 Å². The minimum Gasteiger partial charge on any atom is -0.461 e. The van der Waals surface area contributed by atoms with E-state index >= 15 is 0 Å². The third-order valence-corrected chi connectivity index (χ3v) is 4.35. The van der Waals surface area contributed by atoms with Crippen LogP contribution in [-0.2, 0) is 17.8 Å². The number of aromatic amines is 1. The third kappa shape index (κ3) is 8.70. The lowest BCUT2D eigenvalue weighted by molar-refractivity contribution is 0.0945. The van der Waals surface area contributed by atoms with E-state index in [0.717, 1.165) is 18.3 Å². The molecule has 0 aliphatic heterocycles. The van der Waals surface area contributed by atoms with Gasteiger partial charge < -0.3 is 19.8 Å². The second-order valence-electron chi connectivity index (χ2n) is 7.09. The van der Waals surface area contributed by atoms with Gasteiger partial charge in [0.25, 0.3) is 0 Å². The van der Waals surface area contributed by atoms with Gasteiger partial charge in [0.15, 0.2) is 11.7 Å². The minimum absolute atomic E-state index is 0. The zero-order valence-electron chi connectivity index (χ0n) is 18.0. The fourth-order valence-corrected chi connectivity index (χ4v) is 2.82. The minimum atomic E-state index is 0. The van der Waals surface area contributed by atoms with Crippen LogP contribution in [0.4, 0.5) is 0 Å². The highest BCUT2D eigenvalue weighted by Crippen LogP contribution is 2.14. The Balaban J connectivity index is 0.00000341. The lowest BCUT2D eigenvalue weighted by atomic mass is 10.2. The van der Waals surface area contributed by atoms with Crippen molar-refractivity contribution in [2.24, 2.45) is 10.9 Å². The van der Waals surface area contributed by atoms with Gasteiger partial charge in [-0.15, -0.1) is 24.0 Å². The Labute approximate surface area is 200 Å². The fraction of sp³-hybridized carbons (Fsp3) is 0.409. The van der Waals surface area contributed by atoms with Crippen LogP contribution >= 0.6 is 24.0 Å². The molecule has 0 bridgehead atoms. The summed E-state index contributed by atoms with van der Waals surface area (Å²) in [5.74, 6) is 3.14. The molecule has 2 aromatic heterocycles. The number of H-pyrrole nitrogens is 1. The van der Waals surface area contributed by atoms with Gasteiger partial charge in [-0.2, -0.15) is 5.10 Å². The van der Waals surface area contributed by atoms with Gasteiger partial charge in [-0.05, 0) is 30.5 Å². The second kappa shape index (κ2) is 13.8. The van der Waals surface area contributed by atoms with Crippen molar-refractivity contribution in [2.75, 3.05) is 26.2 Å². The van der Waals surface area contributed by atoms with Crippen molar-refractivity contribution in [3.63, 3.8) is 0 Å². The molecule has 0 saturated heterocycles. The van der Waals surface area contributed by atoms with E-state index in [-0.39, 0.29) is 24.0 Å². The van der Waals surface area contributed by atoms with Gasteiger partial charge in [-0.1, -0.05) is 37.3 Å². The van der Waals surface area contributed by atoms with Gasteiger partial charge in [-0.25, -0.2) is 4.98 Å². The number of hydrogen-bond donors (Lipinski definition) is 3. The summed E-state index contributed by atoms with van der Waals surface area (Å²) in [5, 5.41) is 13.7. The van der Waals surface area contributed by atoms with E-state index in [1.54, 1.807) is 6.26 Å². The molecule has 0 saturated carbocycles. The normalized spacial score (nSPS) is 12.3. The van der Waals surface area contributed by atoms with E-state index in [1.165, 1.54) is 5.56 Å². The molecule has 0 radical (unpaired) electrons. The third-order valence-electron chi connectivity index (χ3n) is 4.35. The highest BCUT2D eigenvalue weighted by Gasteiger charge is 2.08. The van der Waals surface area contributed by atoms with Crippen LogP contribution in [0.25, 0.3) is 11.6 Å². The molecule has 1 atom stereocenters. The summed E-state index contributed by atoms with van der Waals surface area (Å²) in [7, 11) is 0. The first-order chi connectivity index (χ1) is 14.7. The Morgan fingerprint density at radius 3 is 2.77 bits per heavy atom. The molecule has 0 aliphatic rings. The van der Waals surface area contributed by atoms with Crippen LogP contribution in [0.15, 0.2) is 58.1 Å². The maximum atomic E-state index is 5.81. The first-order valence-corrected chi connectivity index (χ1v) is 10.3. The Kier molecular flexibility index (Phi) is 11.1. The molecular weight excluding hydrogens is 507 g/mol. The molecule has 1 aromatic carbocycles. The standard InChI is InChI=1S/C22H30N6O2.HI/c1-3-23-22(25-14-17(2)15-29-16-18-8-5-4-6-9-18)24-12-11-20-26-21(28-27-20)19-10-7-13-30-19;/h4-10,13,17H,3,11-12,14-16H2,1-2H3,(H2,23,24,25)(H,26,27,28);1H. The summed E-state index contributed by atoms with van der Waals surface area (Å²) >= 11 is 0. The van der Waals surface area contributed by atoms with Crippen molar-refractivity contribution < 1.29 is 9.15 Å². The van der Waals surface area contributed by atoms with Crippen molar-refractivity contribution in [2.45, 2.75) is 26.9 Å². The Bertz CT molecular complexity index is 883. The van der Waals surface area contributed by atoms with Crippen LogP contribution in [0.3, 0.4) is 0 Å². The van der Waals surface area contributed by atoms with Crippen LogP contribution in [0.1, 0.15) is 25.2 Å². The predicted octanol–water partition coefficient (Wildman–Crippen LogP) is 3.63. The first kappa shape index (κ1) is 24.9. The quantitative estimate of drug-likeness (QED) is 0.196. The Morgan fingerprint density at radius 2 is 2.03 bits per heavy atom. The van der Waals surface area contributed by atoms with Crippen molar-refractivity contribution in [1.29, 1.82) is 0 Å². The first-order valence-electron chi connectivity index (χ1n) is 10.3. The molecule has 0 amide bonds. The average Bonchev–Trinajstić information content (AvgIpc) is 3.45. The zero-order chi connectivity index (χ0) is 21.0. The highest BCUT2D eigenvalue weighted by atomic mass is 127. The fourth-order valence-electron chi connectivity index (χ4n) is 2.82. The number of guanidine groups is 1. The molecule has 2 heterocycles. The van der Waals surface area contributed by atoms with Gasteiger partial charge in [-0.3, -0.25) is 10.1 Å². The van der Waals surface area contributed by atoms with Gasteiger partial charge in [0, 0.05) is 26.1 Å². The van der Waals surface area contributed by atoms with Gasteiger partial charge in [0.1, 0.15) is 5.82 Å². The number of furan rings is 1. The van der Waals surface area contributed by atoms with Crippen molar-refractivity contribution in [1.82, 2.24) is 25.8 Å². The molecule has 0 spiro atoms. The summed E-state index contributed by atoms with van der Waals surface area (Å²) in [6, 6.07) is 13.9. The number of nitrogens with one attached hydrogen (secondary N) is 3. The summed E-state index contributed by atoms with van der Waals surface area (Å²) < 4.78 is 11.1. The molecule has 1 unspecified atom stereocenters. The number of aliphatic imine (C=N–C) groups is 1. The van der Waals surface area contributed by atoms with E-state index in [9.17, 15) is 0 Å². The van der Waals surface area contributed by atoms with E-state index in [1.807, 2.05) is 30.3 Å². The number of nitrogens with zero attached hydrogens (tertiary/aromatic N) is 3. The lowest BCUT2D eigenvalue weighted by Crippen LogP contribution is -2.38. The van der Waals surface area contributed by atoms with Crippen LogP contribution in [0.5, 0.6) is 0 Å². The molecule has 3 rings (SSSR count). The molecule has 31 heavy (non-hydrogen) atoms. The predicted molar refractivity (Wildman–Crippen MR) is 132 cm³/mol. The number of halogens is 1. The largest absolute Gasteiger partial charge is 0.461 e. The van der Waals surface area contributed by atoms with Crippen LogP contribution in [0, 0.1) is 5.92 Å². The van der Waals surface area contributed by atoms with Gasteiger partial charge in [0.2, 0.25) is 5.82 Å². The molecule has 0 aliphatic carbocycles. The number of hydrogen-bond acceptors (Lipinski definition) is 5. The molecule has 3 N–H and O–H groups in total. The monoisotopic (exact) mass is 538 g/mol. The summed E-state index contributed by atoms with van der Waals surface area (Å²) in [6.45, 7) is 7.68. The van der Waals surface area contributed by atoms with E-state index in [2.05, 4.69) is 56.8 Å². The summed E-state index contributed by atoms with van der Waals surface area (Å²) in [5.41, 5.74) is 1.19. The molecule has 3 aromatic rings. The SMILES string of the molecule is CCNC(=NCC(C)COCc1ccccc1)NCCc1nc(-c2ccco2)n[nH]1.I. The van der Waals surface area contributed by atoms with E-state index < -0.39 is 0 Å². The molecule has 8 nitrogen and oxygen atoms in total. The van der Waals surface area contributed by atoms with Crippen molar-refractivity contribution in [3.8, 4) is 11.6 Å². The van der Waals surface area contributed by atoms with Gasteiger partial charge in [0.05, 0.1) is 19.5 Å². The maximum absolute atomic E-state index is 5.81. The number of benzene rings is 1. The highest BCUT2D eigenvalue weighted by molar-refractivity contribution is 14.0. The number of ether oxygens (including phenoxy) is 1.